The van der Waals surface area contributed by atoms with Crippen molar-refractivity contribution in [1.82, 2.24) is 0 Å². The molecule has 0 saturated carbocycles. The lowest BCUT2D eigenvalue weighted by Crippen LogP contribution is -2.29. The van der Waals surface area contributed by atoms with Crippen LogP contribution >= 0.6 is 15.9 Å². The molecule has 0 bridgehead atoms. The van der Waals surface area contributed by atoms with Crippen molar-refractivity contribution in [2.75, 3.05) is 0 Å². The van der Waals surface area contributed by atoms with Gasteiger partial charge >= 0.3 is 31.3 Å². The van der Waals surface area contributed by atoms with Crippen LogP contribution in [0.2, 0.25) is 0 Å². The molecule has 0 aromatic heterocycles. The second kappa shape index (κ2) is 6.01. The van der Waals surface area contributed by atoms with Crippen molar-refractivity contribution in [1.29, 1.82) is 0 Å². The summed E-state index contributed by atoms with van der Waals surface area (Å²) in [6.45, 7) is 0. The molecule has 0 N–H and O–H groups in total. The summed E-state index contributed by atoms with van der Waals surface area (Å²) in [7, 11) is -12.2. The van der Waals surface area contributed by atoms with Crippen molar-refractivity contribution in [3.8, 4) is 11.5 Å². The van der Waals surface area contributed by atoms with Gasteiger partial charge in [0, 0.05) is 0 Å². The number of hydrogen-bond donors (Lipinski definition) is 0. The van der Waals surface area contributed by atoms with Crippen LogP contribution in [0.1, 0.15) is 0 Å². The topological polar surface area (TPSA) is 86.7 Å². The Morgan fingerprint density at radius 3 is 1.35 bits per heavy atom. The van der Waals surface area contributed by atoms with E-state index in [0.717, 1.165) is 0 Å². The highest BCUT2D eigenvalue weighted by Gasteiger charge is 2.50. The summed E-state index contributed by atoms with van der Waals surface area (Å²) < 4.78 is 123. The fourth-order valence-electron chi connectivity index (χ4n) is 0.950. The van der Waals surface area contributed by atoms with Gasteiger partial charge in [0.1, 0.15) is 4.47 Å². The van der Waals surface area contributed by atoms with Crippen LogP contribution in [-0.4, -0.2) is 27.9 Å². The molecular formula is C8H3BrF6O6S2. The van der Waals surface area contributed by atoms with E-state index in [9.17, 15) is 43.2 Å². The quantitative estimate of drug-likeness (QED) is 0.396. The van der Waals surface area contributed by atoms with E-state index in [-0.39, 0.29) is 0 Å². The van der Waals surface area contributed by atoms with Gasteiger partial charge in [-0.2, -0.15) is 43.2 Å². The van der Waals surface area contributed by atoms with E-state index in [0.29, 0.717) is 18.2 Å². The maximum absolute atomic E-state index is 12.2. The van der Waals surface area contributed by atoms with Crippen molar-refractivity contribution in [2.45, 2.75) is 11.0 Å². The predicted molar refractivity (Wildman–Crippen MR) is 65.3 cm³/mol. The Bertz CT molecular complexity index is 733. The van der Waals surface area contributed by atoms with E-state index in [4.69, 9.17) is 0 Å². The van der Waals surface area contributed by atoms with Crippen LogP contribution in [0.5, 0.6) is 11.5 Å². The lowest BCUT2D eigenvalue weighted by molar-refractivity contribution is -0.0502. The summed E-state index contributed by atoms with van der Waals surface area (Å²) in [5, 5.41) is 0. The molecule has 1 aromatic rings. The molecule has 0 amide bonds. The molecule has 0 fully saturated rings. The molecule has 0 saturated heterocycles. The molecule has 0 aliphatic carbocycles. The van der Waals surface area contributed by atoms with Crippen LogP contribution in [0.3, 0.4) is 0 Å². The predicted octanol–water partition coefficient (Wildman–Crippen LogP) is 2.91. The fourth-order valence-corrected chi connectivity index (χ4v) is 2.53. The zero-order valence-electron chi connectivity index (χ0n) is 10.1. The van der Waals surface area contributed by atoms with Crippen LogP contribution in [0.15, 0.2) is 22.7 Å². The van der Waals surface area contributed by atoms with Crippen molar-refractivity contribution in [2.24, 2.45) is 0 Å². The van der Waals surface area contributed by atoms with Gasteiger partial charge in [0.2, 0.25) is 0 Å². The Hall–Kier alpha value is -1.22. The van der Waals surface area contributed by atoms with Gasteiger partial charge in [0.15, 0.2) is 11.5 Å². The summed E-state index contributed by atoms with van der Waals surface area (Å²) >= 11 is 2.41. The molecule has 0 heterocycles. The standard InChI is InChI=1S/C8H3BrF6O6S2/c9-6-4(20-22(16,17)7(10,11)12)2-1-3-5(6)21-23(18,19)8(13,14)15/h1-3H. The Balaban J connectivity index is 3.25. The maximum Gasteiger partial charge on any atom is 0.534 e. The van der Waals surface area contributed by atoms with E-state index < -0.39 is 47.2 Å². The van der Waals surface area contributed by atoms with Crippen LogP contribution in [0.4, 0.5) is 26.3 Å². The normalized spacial score (nSPS) is 13.7. The highest BCUT2D eigenvalue weighted by Crippen LogP contribution is 2.39. The van der Waals surface area contributed by atoms with Gasteiger partial charge in [-0.05, 0) is 28.1 Å². The largest absolute Gasteiger partial charge is 0.534 e. The molecule has 1 aromatic carbocycles. The van der Waals surface area contributed by atoms with Gasteiger partial charge in [-0.25, -0.2) is 0 Å². The first-order chi connectivity index (χ1) is 10.1. The zero-order valence-corrected chi connectivity index (χ0v) is 13.4. The van der Waals surface area contributed by atoms with Gasteiger partial charge in [0.25, 0.3) is 0 Å². The van der Waals surface area contributed by atoms with Crippen molar-refractivity contribution >= 4 is 36.2 Å². The summed E-state index contributed by atoms with van der Waals surface area (Å²) in [5.74, 6) is -2.26. The van der Waals surface area contributed by atoms with E-state index in [1.165, 1.54) is 0 Å². The van der Waals surface area contributed by atoms with Gasteiger partial charge in [-0.15, -0.1) is 0 Å². The van der Waals surface area contributed by atoms with Crippen LogP contribution in [-0.2, 0) is 20.2 Å². The zero-order chi connectivity index (χ0) is 18.3. The lowest BCUT2D eigenvalue weighted by Gasteiger charge is -2.14. The summed E-state index contributed by atoms with van der Waals surface area (Å²) in [6, 6.07) is 1.97. The third kappa shape index (κ3) is 4.41. The molecule has 0 aliphatic rings. The first-order valence-corrected chi connectivity index (χ1v) is 8.49. The smallest absolute Gasteiger partial charge is 0.375 e. The molecule has 15 heteroatoms. The lowest BCUT2D eigenvalue weighted by atomic mass is 10.3. The Morgan fingerprint density at radius 2 is 1.09 bits per heavy atom. The highest BCUT2D eigenvalue weighted by molar-refractivity contribution is 9.10. The van der Waals surface area contributed by atoms with Gasteiger partial charge in [-0.1, -0.05) is 6.07 Å². The van der Waals surface area contributed by atoms with Crippen LogP contribution in [0, 0.1) is 0 Å². The average Bonchev–Trinajstić information content (AvgIpc) is 2.31. The Morgan fingerprint density at radius 1 is 0.783 bits per heavy atom. The van der Waals surface area contributed by atoms with Crippen molar-refractivity contribution in [3.63, 3.8) is 0 Å². The molecule has 23 heavy (non-hydrogen) atoms. The van der Waals surface area contributed by atoms with E-state index in [1.54, 1.807) is 0 Å². The fraction of sp³-hybridized carbons (Fsp3) is 0.250. The SMILES string of the molecule is O=S(=O)(Oc1cccc(OS(=O)(=O)C(F)(F)F)c1Br)C(F)(F)F. The number of alkyl halides is 6. The number of halogens is 7. The van der Waals surface area contributed by atoms with E-state index in [1.807, 2.05) is 0 Å². The number of hydrogen-bond acceptors (Lipinski definition) is 6. The minimum absolute atomic E-state index is 0.625. The summed E-state index contributed by atoms with van der Waals surface area (Å²) in [4.78, 5) is 0. The second-order valence-electron chi connectivity index (χ2n) is 3.53. The van der Waals surface area contributed by atoms with E-state index in [2.05, 4.69) is 24.3 Å². The third-order valence-corrected chi connectivity index (χ3v) is 4.61. The minimum Gasteiger partial charge on any atom is -0.375 e. The average molecular weight is 453 g/mol. The number of benzene rings is 1. The van der Waals surface area contributed by atoms with Crippen molar-refractivity contribution in [3.05, 3.63) is 22.7 Å². The third-order valence-electron chi connectivity index (χ3n) is 1.89. The first kappa shape index (κ1) is 19.8. The number of rotatable bonds is 4. The molecule has 0 spiro atoms. The molecule has 0 atom stereocenters. The first-order valence-electron chi connectivity index (χ1n) is 4.88. The molecule has 0 unspecified atom stereocenters. The molecule has 1 rings (SSSR count). The Labute approximate surface area is 133 Å². The molecule has 132 valence electrons. The monoisotopic (exact) mass is 452 g/mol. The molecule has 6 nitrogen and oxygen atoms in total. The van der Waals surface area contributed by atoms with Gasteiger partial charge in [0.05, 0.1) is 0 Å². The van der Waals surface area contributed by atoms with Crippen LogP contribution in [0.25, 0.3) is 0 Å². The van der Waals surface area contributed by atoms with E-state index >= 15 is 0 Å². The minimum atomic E-state index is -6.12. The molecule has 0 radical (unpaired) electrons. The summed E-state index contributed by atoms with van der Waals surface area (Å²) in [6.07, 6.45) is 0. The van der Waals surface area contributed by atoms with Crippen LogP contribution < -0.4 is 8.37 Å². The van der Waals surface area contributed by atoms with Gasteiger partial charge < -0.3 is 8.37 Å². The van der Waals surface area contributed by atoms with Crippen molar-refractivity contribution < 1.29 is 51.5 Å². The molecular weight excluding hydrogens is 450 g/mol. The Kier molecular flexibility index (Phi) is 5.18. The second-order valence-corrected chi connectivity index (χ2v) is 7.40. The highest BCUT2D eigenvalue weighted by atomic mass is 79.9. The summed E-state index contributed by atoms with van der Waals surface area (Å²) in [5.41, 5.74) is -11.6. The maximum atomic E-state index is 12.2. The molecule has 0 aliphatic heterocycles. The van der Waals surface area contributed by atoms with Gasteiger partial charge in [-0.3, -0.25) is 0 Å².